The van der Waals surface area contributed by atoms with Crippen molar-refractivity contribution in [2.24, 2.45) is 5.92 Å². The molecule has 27 heavy (non-hydrogen) atoms. The Balaban J connectivity index is 1.22. The number of hydrogen-bond donors (Lipinski definition) is 0. The van der Waals surface area contributed by atoms with E-state index in [1.54, 1.807) is 0 Å². The van der Waals surface area contributed by atoms with Gasteiger partial charge in [-0.3, -0.25) is 9.59 Å². The first-order valence-electron chi connectivity index (χ1n) is 10.4. The maximum absolute atomic E-state index is 12.8. The van der Waals surface area contributed by atoms with E-state index in [9.17, 15) is 9.59 Å². The van der Waals surface area contributed by atoms with Gasteiger partial charge in [0.05, 0.1) is 5.75 Å². The molecule has 3 fully saturated rings. The molecule has 0 aromatic heterocycles. The molecular weight excluding hydrogens is 356 g/mol. The average Bonchev–Trinajstić information content (AvgIpc) is 3.32. The first kappa shape index (κ1) is 18.9. The highest BCUT2D eigenvalue weighted by atomic mass is 32.2. The second kappa shape index (κ2) is 8.26. The van der Waals surface area contributed by atoms with E-state index in [0.29, 0.717) is 43.1 Å². The van der Waals surface area contributed by atoms with Gasteiger partial charge < -0.3 is 9.80 Å². The summed E-state index contributed by atoms with van der Waals surface area (Å²) in [5.41, 5.74) is 2.55. The van der Waals surface area contributed by atoms with E-state index >= 15 is 0 Å². The van der Waals surface area contributed by atoms with Crippen LogP contribution in [0.2, 0.25) is 0 Å². The predicted octanol–water partition coefficient (Wildman–Crippen LogP) is 3.45. The third-order valence-electron chi connectivity index (χ3n) is 6.27. The fourth-order valence-corrected chi connectivity index (χ4v) is 5.71. The van der Waals surface area contributed by atoms with Crippen molar-refractivity contribution in [1.29, 1.82) is 0 Å². The Morgan fingerprint density at radius 1 is 1.07 bits per heavy atom. The molecule has 1 aromatic rings. The van der Waals surface area contributed by atoms with E-state index < -0.39 is 0 Å². The number of carbonyl (C=O) groups is 2. The van der Waals surface area contributed by atoms with Gasteiger partial charge in [-0.05, 0) is 37.7 Å². The van der Waals surface area contributed by atoms with Gasteiger partial charge in [-0.2, -0.15) is 0 Å². The largest absolute Gasteiger partial charge is 0.339 e. The molecule has 1 aliphatic heterocycles. The van der Waals surface area contributed by atoms with Gasteiger partial charge in [0.2, 0.25) is 11.8 Å². The summed E-state index contributed by atoms with van der Waals surface area (Å²) in [7, 11) is 0. The van der Waals surface area contributed by atoms with E-state index in [1.807, 2.05) is 21.6 Å². The van der Waals surface area contributed by atoms with Crippen molar-refractivity contribution in [2.45, 2.75) is 50.2 Å². The van der Waals surface area contributed by atoms with Gasteiger partial charge in [0.25, 0.3) is 0 Å². The zero-order valence-corrected chi connectivity index (χ0v) is 17.0. The van der Waals surface area contributed by atoms with Gasteiger partial charge in [-0.25, -0.2) is 0 Å². The van der Waals surface area contributed by atoms with Crippen LogP contribution in [0.25, 0.3) is 0 Å². The lowest BCUT2D eigenvalue weighted by Crippen LogP contribution is -2.51. The summed E-state index contributed by atoms with van der Waals surface area (Å²) in [6.07, 6.45) is 6.14. The van der Waals surface area contributed by atoms with Crippen LogP contribution in [0.5, 0.6) is 0 Å². The molecule has 0 radical (unpaired) electrons. The molecule has 4 rings (SSSR count). The van der Waals surface area contributed by atoms with Crippen molar-refractivity contribution in [2.75, 3.05) is 31.9 Å². The van der Waals surface area contributed by atoms with Crippen LogP contribution in [0.4, 0.5) is 0 Å². The maximum atomic E-state index is 12.8. The molecule has 1 saturated heterocycles. The van der Waals surface area contributed by atoms with E-state index in [0.717, 1.165) is 6.42 Å². The number of nitrogens with zero attached hydrogens (tertiary/aromatic N) is 2. The predicted molar refractivity (Wildman–Crippen MR) is 110 cm³/mol. The normalized spacial score (nSPS) is 25.7. The van der Waals surface area contributed by atoms with E-state index in [-0.39, 0.29) is 17.7 Å². The Kier molecular flexibility index (Phi) is 5.76. The summed E-state index contributed by atoms with van der Waals surface area (Å²) in [5.74, 6) is 1.68. The van der Waals surface area contributed by atoms with Crippen LogP contribution in [-0.4, -0.2) is 58.8 Å². The van der Waals surface area contributed by atoms with Gasteiger partial charge in [-0.15, -0.1) is 11.8 Å². The fraction of sp³-hybridized carbons (Fsp3) is 0.636. The summed E-state index contributed by atoms with van der Waals surface area (Å²) in [6, 6.07) is 8.53. The van der Waals surface area contributed by atoms with Crippen LogP contribution in [0.15, 0.2) is 24.3 Å². The molecule has 1 aromatic carbocycles. The molecule has 3 aliphatic rings. The summed E-state index contributed by atoms with van der Waals surface area (Å²) < 4.78 is 0. The topological polar surface area (TPSA) is 40.6 Å². The minimum atomic E-state index is 0.145. The van der Waals surface area contributed by atoms with Crippen LogP contribution in [-0.2, 0) is 9.59 Å². The lowest BCUT2D eigenvalue weighted by Gasteiger charge is -2.35. The number of benzene rings is 1. The van der Waals surface area contributed by atoms with Crippen molar-refractivity contribution >= 4 is 23.6 Å². The Morgan fingerprint density at radius 2 is 1.78 bits per heavy atom. The molecule has 1 heterocycles. The molecule has 0 unspecified atom stereocenters. The Morgan fingerprint density at radius 3 is 2.48 bits per heavy atom. The number of piperazine rings is 1. The van der Waals surface area contributed by atoms with Crippen LogP contribution < -0.4 is 0 Å². The second-order valence-corrected chi connectivity index (χ2v) is 9.58. The summed E-state index contributed by atoms with van der Waals surface area (Å²) in [6.45, 7) is 4.87. The molecule has 5 heteroatoms. The molecule has 0 spiro atoms. The first-order valence-corrected chi connectivity index (χ1v) is 11.4. The quantitative estimate of drug-likeness (QED) is 0.778. The van der Waals surface area contributed by atoms with E-state index in [4.69, 9.17) is 0 Å². The monoisotopic (exact) mass is 386 g/mol. The SMILES string of the molecule is Cc1cccc([C@H]2C[C@@H]2C(=O)N2CCN(C(=O)CSC3CCCC3)CC2)c1. The number of rotatable bonds is 5. The highest BCUT2D eigenvalue weighted by Crippen LogP contribution is 2.48. The van der Waals surface area contributed by atoms with Crippen LogP contribution in [0.1, 0.15) is 49.1 Å². The minimum absolute atomic E-state index is 0.145. The van der Waals surface area contributed by atoms with Crippen molar-refractivity contribution in [3.8, 4) is 0 Å². The van der Waals surface area contributed by atoms with Gasteiger partial charge in [0.1, 0.15) is 0 Å². The van der Waals surface area contributed by atoms with Gasteiger partial charge in [-0.1, -0.05) is 42.7 Å². The van der Waals surface area contributed by atoms with Crippen LogP contribution in [0, 0.1) is 12.8 Å². The zero-order valence-electron chi connectivity index (χ0n) is 16.2. The third kappa shape index (κ3) is 4.50. The smallest absolute Gasteiger partial charge is 0.232 e. The number of amides is 2. The molecule has 2 amide bonds. The number of aryl methyl sites for hydroxylation is 1. The Hall–Kier alpha value is -1.49. The van der Waals surface area contributed by atoms with E-state index in [1.165, 1.54) is 36.8 Å². The van der Waals surface area contributed by atoms with Crippen molar-refractivity contribution in [3.63, 3.8) is 0 Å². The van der Waals surface area contributed by atoms with Gasteiger partial charge in [0.15, 0.2) is 0 Å². The van der Waals surface area contributed by atoms with Crippen LogP contribution >= 0.6 is 11.8 Å². The molecule has 0 N–H and O–H groups in total. The minimum Gasteiger partial charge on any atom is -0.339 e. The number of thioether (sulfide) groups is 1. The van der Waals surface area contributed by atoms with Gasteiger partial charge in [0, 0.05) is 37.3 Å². The lowest BCUT2D eigenvalue weighted by atomic mass is 10.1. The second-order valence-electron chi connectivity index (χ2n) is 8.29. The molecule has 0 bridgehead atoms. The molecule has 2 atom stereocenters. The first-order chi connectivity index (χ1) is 13.1. The molecule has 4 nitrogen and oxygen atoms in total. The third-order valence-corrected chi connectivity index (χ3v) is 7.62. The van der Waals surface area contributed by atoms with E-state index in [2.05, 4.69) is 31.2 Å². The van der Waals surface area contributed by atoms with Gasteiger partial charge >= 0.3 is 0 Å². The standard InChI is InChI=1S/C22H30N2O2S/c1-16-5-4-6-17(13-16)19-14-20(19)22(26)24-11-9-23(10-12-24)21(25)15-27-18-7-2-3-8-18/h4-6,13,18-20H,2-3,7-12,14-15H2,1H3/t19-,20+/m1/s1. The van der Waals surface area contributed by atoms with Crippen LogP contribution in [0.3, 0.4) is 0 Å². The van der Waals surface area contributed by atoms with Crippen molar-refractivity contribution in [1.82, 2.24) is 9.80 Å². The Labute approximate surface area is 166 Å². The summed E-state index contributed by atoms with van der Waals surface area (Å²) >= 11 is 1.84. The highest BCUT2D eigenvalue weighted by molar-refractivity contribution is 8.00. The summed E-state index contributed by atoms with van der Waals surface area (Å²) in [5, 5.41) is 0.685. The summed E-state index contributed by atoms with van der Waals surface area (Å²) in [4.78, 5) is 29.2. The highest BCUT2D eigenvalue weighted by Gasteiger charge is 2.46. The zero-order chi connectivity index (χ0) is 18.8. The number of hydrogen-bond acceptors (Lipinski definition) is 3. The molecule has 2 aliphatic carbocycles. The molecular formula is C22H30N2O2S. The number of carbonyl (C=O) groups excluding carboxylic acids is 2. The molecule has 146 valence electrons. The molecule has 2 saturated carbocycles. The fourth-order valence-electron chi connectivity index (χ4n) is 4.48. The van der Waals surface area contributed by atoms with Crippen molar-refractivity contribution < 1.29 is 9.59 Å². The average molecular weight is 387 g/mol. The van der Waals surface area contributed by atoms with Crippen molar-refractivity contribution in [3.05, 3.63) is 35.4 Å². The maximum Gasteiger partial charge on any atom is 0.232 e. The lowest BCUT2D eigenvalue weighted by molar-refractivity contribution is -0.139. The Bertz CT molecular complexity index is 693.